The molecule has 32 heavy (non-hydrogen) atoms. The van der Waals surface area contributed by atoms with E-state index in [1.165, 1.54) is 10.8 Å². The Morgan fingerprint density at radius 3 is 2.56 bits per heavy atom. The summed E-state index contributed by atoms with van der Waals surface area (Å²) in [5, 5.41) is 3.28. The lowest BCUT2D eigenvalue weighted by Crippen LogP contribution is -2.57. The number of anilines is 1. The van der Waals surface area contributed by atoms with Crippen molar-refractivity contribution in [2.75, 3.05) is 19.0 Å². The molecule has 0 saturated carbocycles. The molecule has 0 saturated heterocycles. The average molecular weight is 452 g/mol. The van der Waals surface area contributed by atoms with E-state index < -0.39 is 23.9 Å². The molecular weight excluding hydrogens is 432 g/mol. The molecule has 2 aromatic rings. The Morgan fingerprint density at radius 1 is 1.16 bits per heavy atom. The zero-order chi connectivity index (χ0) is 22.7. The number of rotatable bonds is 6. The summed E-state index contributed by atoms with van der Waals surface area (Å²) in [5.74, 6) is -0.174. The molecule has 0 radical (unpaired) electrons. The zero-order valence-electron chi connectivity index (χ0n) is 17.2. The van der Waals surface area contributed by atoms with Crippen LogP contribution in [0.15, 0.2) is 65.7 Å². The number of nitrogens with one attached hydrogen (secondary N) is 1. The summed E-state index contributed by atoms with van der Waals surface area (Å²) in [6.07, 6.45) is 4.78. The number of aliphatic imine (C=N–C) groups is 1. The molecule has 1 unspecified atom stereocenters. The first-order chi connectivity index (χ1) is 15.5. The van der Waals surface area contributed by atoms with Gasteiger partial charge in [-0.1, -0.05) is 23.7 Å². The van der Waals surface area contributed by atoms with Crippen molar-refractivity contribution in [3.63, 3.8) is 0 Å². The molecule has 0 spiro atoms. The van der Waals surface area contributed by atoms with Crippen molar-refractivity contribution in [3.05, 3.63) is 71.3 Å². The number of dihydropyridines is 1. The summed E-state index contributed by atoms with van der Waals surface area (Å²) in [7, 11) is 1.56. The van der Waals surface area contributed by atoms with Gasteiger partial charge in [0.25, 0.3) is 5.91 Å². The third-order valence-electron chi connectivity index (χ3n) is 5.07. The number of halogens is 1. The van der Waals surface area contributed by atoms with Crippen LogP contribution in [0.4, 0.5) is 10.5 Å². The van der Waals surface area contributed by atoms with Gasteiger partial charge in [0, 0.05) is 16.9 Å². The van der Waals surface area contributed by atoms with Crippen LogP contribution in [-0.2, 0) is 16.1 Å². The fraction of sp³-hybridized carbons (Fsp3) is 0.174. The lowest BCUT2D eigenvalue weighted by Gasteiger charge is -2.26. The fourth-order valence-corrected chi connectivity index (χ4v) is 3.59. The summed E-state index contributed by atoms with van der Waals surface area (Å²) in [5.41, 5.74) is 1.67. The van der Waals surface area contributed by atoms with Crippen molar-refractivity contribution in [1.29, 1.82) is 0 Å². The maximum atomic E-state index is 13.3. The molecule has 0 fully saturated rings. The van der Waals surface area contributed by atoms with E-state index >= 15 is 0 Å². The molecule has 162 valence electrons. The van der Waals surface area contributed by atoms with E-state index in [2.05, 4.69) is 10.3 Å². The highest BCUT2D eigenvalue weighted by molar-refractivity contribution is 6.30. The van der Waals surface area contributed by atoms with Gasteiger partial charge in [-0.15, -0.1) is 0 Å². The van der Waals surface area contributed by atoms with Gasteiger partial charge in [0.05, 0.1) is 7.11 Å². The van der Waals surface area contributed by atoms with Crippen LogP contribution in [0.25, 0.3) is 0 Å². The molecule has 0 aromatic heterocycles. The number of hydrogen-bond donors (Lipinski definition) is 1. The van der Waals surface area contributed by atoms with Gasteiger partial charge in [-0.2, -0.15) is 14.3 Å². The molecular formula is C23H20ClN4O4+. The Balaban J connectivity index is 1.58. The normalized spacial score (nSPS) is 17.4. The first-order valence-corrected chi connectivity index (χ1v) is 10.2. The van der Waals surface area contributed by atoms with E-state index in [0.29, 0.717) is 22.2 Å². The van der Waals surface area contributed by atoms with Crippen LogP contribution in [0, 0.1) is 0 Å². The Hall–Kier alpha value is -3.78. The quantitative estimate of drug-likeness (QED) is 0.683. The number of benzene rings is 2. The number of ether oxygens (including phenoxy) is 1. The molecule has 0 bridgehead atoms. The van der Waals surface area contributed by atoms with E-state index in [0.717, 1.165) is 10.5 Å². The molecule has 1 N–H and O–H groups in total. The third kappa shape index (κ3) is 4.45. The monoisotopic (exact) mass is 451 g/mol. The maximum absolute atomic E-state index is 13.3. The van der Waals surface area contributed by atoms with Crippen LogP contribution in [0.3, 0.4) is 0 Å². The molecule has 9 heteroatoms. The molecule has 4 amide bonds. The molecule has 8 nitrogen and oxygen atoms in total. The number of imide groups is 1. The van der Waals surface area contributed by atoms with Gasteiger partial charge in [-0.3, -0.25) is 9.79 Å². The Morgan fingerprint density at radius 2 is 1.88 bits per heavy atom. The van der Waals surface area contributed by atoms with E-state index in [1.807, 2.05) is 0 Å². The second-order valence-electron chi connectivity index (χ2n) is 7.18. The average Bonchev–Trinajstić information content (AvgIpc) is 2.81. The van der Waals surface area contributed by atoms with Crippen molar-refractivity contribution in [1.82, 2.24) is 4.90 Å². The predicted octanol–water partition coefficient (Wildman–Crippen LogP) is 2.91. The summed E-state index contributed by atoms with van der Waals surface area (Å²) in [6, 6.07) is 12.3. The first kappa shape index (κ1) is 21.5. The second-order valence-corrected chi connectivity index (χ2v) is 7.62. The van der Waals surface area contributed by atoms with E-state index in [9.17, 15) is 14.4 Å². The lowest BCUT2D eigenvalue weighted by atomic mass is 10.0. The number of carbonyl (C=O) groups excluding carboxylic acids is 3. The summed E-state index contributed by atoms with van der Waals surface area (Å²) in [6.45, 7) is -0.209. The van der Waals surface area contributed by atoms with Crippen LogP contribution in [0.2, 0.25) is 5.02 Å². The maximum Gasteiger partial charge on any atom is 0.501 e. The number of allylic oxidation sites excluding steroid dienone is 1. The molecule has 2 heterocycles. The molecule has 1 atom stereocenters. The van der Waals surface area contributed by atoms with Crippen molar-refractivity contribution in [2.45, 2.75) is 12.6 Å². The molecule has 4 rings (SSSR count). The second kappa shape index (κ2) is 9.15. The standard InChI is InChI=1S/C23H19ClN4O4/c1-32-18-10-4-15(5-11-18)13-28-22(30)21-19(3-2-12-25-21)27(23(28)31)14-20(29)26-17-8-6-16(24)7-9-17/h2-12,21H,13-14H2,1H3/p+1. The van der Waals surface area contributed by atoms with E-state index in [-0.39, 0.29) is 13.1 Å². The summed E-state index contributed by atoms with van der Waals surface area (Å²) < 4.78 is 6.44. The van der Waals surface area contributed by atoms with Crippen LogP contribution in [0.1, 0.15) is 5.56 Å². The fourth-order valence-electron chi connectivity index (χ4n) is 3.47. The largest absolute Gasteiger partial charge is 0.501 e. The minimum atomic E-state index is -0.876. The van der Waals surface area contributed by atoms with Crippen molar-refractivity contribution >= 4 is 47.1 Å². The summed E-state index contributed by atoms with van der Waals surface area (Å²) >= 11 is 5.88. The van der Waals surface area contributed by atoms with Crippen LogP contribution in [0.5, 0.6) is 5.75 Å². The van der Waals surface area contributed by atoms with Crippen molar-refractivity contribution in [3.8, 4) is 5.75 Å². The Bertz CT molecular complexity index is 1150. The van der Waals surface area contributed by atoms with Gasteiger partial charge in [0.15, 0.2) is 6.54 Å². The van der Waals surface area contributed by atoms with Crippen LogP contribution < -0.4 is 10.1 Å². The Labute approximate surface area is 189 Å². The highest BCUT2D eigenvalue weighted by Gasteiger charge is 2.48. The number of amides is 4. The number of urea groups is 1. The highest BCUT2D eigenvalue weighted by atomic mass is 35.5. The van der Waals surface area contributed by atoms with Crippen molar-refractivity contribution < 1.29 is 23.7 Å². The molecule has 0 aliphatic carbocycles. The SMILES string of the molecule is COc1ccc(CN2C(=O)C3N=CC=CC3=[N+](CC(=O)Nc3ccc(Cl)cc3)C2=O)cc1. The van der Waals surface area contributed by atoms with Gasteiger partial charge in [-0.25, -0.2) is 4.79 Å². The highest BCUT2D eigenvalue weighted by Crippen LogP contribution is 2.20. The van der Waals surface area contributed by atoms with E-state index in [4.69, 9.17) is 16.3 Å². The molecule has 2 aromatic carbocycles. The number of hydrogen-bond acceptors (Lipinski definition) is 5. The number of fused-ring (bicyclic) bond motifs is 1. The number of nitrogens with zero attached hydrogens (tertiary/aromatic N) is 3. The third-order valence-corrected chi connectivity index (χ3v) is 5.32. The van der Waals surface area contributed by atoms with Crippen molar-refractivity contribution in [2.24, 2.45) is 4.99 Å². The number of methoxy groups -OCH3 is 1. The molecule has 2 aliphatic heterocycles. The van der Waals surface area contributed by atoms with Gasteiger partial charge >= 0.3 is 11.9 Å². The Kier molecular flexibility index (Phi) is 6.13. The van der Waals surface area contributed by atoms with Crippen LogP contribution in [-0.4, -0.2) is 58.9 Å². The van der Waals surface area contributed by atoms with Gasteiger partial charge in [0.1, 0.15) is 18.0 Å². The zero-order valence-corrected chi connectivity index (χ0v) is 18.0. The van der Waals surface area contributed by atoms with Gasteiger partial charge < -0.3 is 10.1 Å². The van der Waals surface area contributed by atoms with Gasteiger partial charge in [-0.05, 0) is 54.1 Å². The minimum Gasteiger partial charge on any atom is -0.497 e. The van der Waals surface area contributed by atoms with Gasteiger partial charge in [0.2, 0.25) is 6.04 Å². The van der Waals surface area contributed by atoms with E-state index in [1.54, 1.807) is 67.8 Å². The number of carbonyl (C=O) groups is 3. The lowest BCUT2D eigenvalue weighted by molar-refractivity contribution is -0.427. The minimum absolute atomic E-state index is 0.0555. The topological polar surface area (TPSA) is 91.1 Å². The predicted molar refractivity (Wildman–Crippen MR) is 121 cm³/mol. The molecule has 2 aliphatic rings. The summed E-state index contributed by atoms with van der Waals surface area (Å²) in [4.78, 5) is 44.3. The van der Waals surface area contributed by atoms with Crippen LogP contribution >= 0.6 is 11.6 Å². The smallest absolute Gasteiger partial charge is 0.497 e. The first-order valence-electron chi connectivity index (χ1n) is 9.84.